The molecule has 0 bridgehead atoms. The maximum absolute atomic E-state index is 13.3. The highest BCUT2D eigenvalue weighted by molar-refractivity contribution is 6.06. The largest absolute Gasteiger partial charge is 0.339 e. The van der Waals surface area contributed by atoms with Crippen molar-refractivity contribution in [3.8, 4) is 0 Å². The first-order valence-corrected chi connectivity index (χ1v) is 9.04. The molecule has 2 heterocycles. The Kier molecular flexibility index (Phi) is 4.65. The first-order chi connectivity index (χ1) is 13.5. The van der Waals surface area contributed by atoms with Gasteiger partial charge >= 0.3 is 0 Å². The molecule has 142 valence electrons. The number of H-pyrrole nitrogens is 1. The van der Waals surface area contributed by atoms with E-state index in [1.165, 1.54) is 24.3 Å². The van der Waals surface area contributed by atoms with Crippen molar-refractivity contribution in [3.05, 3.63) is 75.8 Å². The molecule has 0 saturated carbocycles. The van der Waals surface area contributed by atoms with Crippen molar-refractivity contribution >= 4 is 28.4 Å². The van der Waals surface area contributed by atoms with Crippen LogP contribution in [0.25, 0.3) is 10.9 Å². The highest BCUT2D eigenvalue weighted by Gasteiger charge is 2.20. The van der Waals surface area contributed by atoms with Gasteiger partial charge in [0.1, 0.15) is 11.4 Å². The van der Waals surface area contributed by atoms with Crippen molar-refractivity contribution in [1.29, 1.82) is 0 Å². The predicted octanol–water partition coefficient (Wildman–Crippen LogP) is 3.16. The third-order valence-electron chi connectivity index (χ3n) is 4.81. The van der Waals surface area contributed by atoms with E-state index in [9.17, 15) is 18.8 Å². The van der Waals surface area contributed by atoms with Crippen molar-refractivity contribution in [1.82, 2.24) is 9.88 Å². The maximum atomic E-state index is 13.3. The van der Waals surface area contributed by atoms with Gasteiger partial charge in [0.2, 0.25) is 0 Å². The van der Waals surface area contributed by atoms with Gasteiger partial charge in [-0.3, -0.25) is 14.4 Å². The summed E-state index contributed by atoms with van der Waals surface area (Å²) in [7, 11) is 0. The number of nitrogens with one attached hydrogen (secondary N) is 2. The van der Waals surface area contributed by atoms with E-state index in [0.717, 1.165) is 25.9 Å². The van der Waals surface area contributed by atoms with Crippen molar-refractivity contribution in [2.45, 2.75) is 12.8 Å². The second-order valence-electron chi connectivity index (χ2n) is 6.78. The molecule has 4 rings (SSSR count). The van der Waals surface area contributed by atoms with Gasteiger partial charge in [-0.15, -0.1) is 0 Å². The summed E-state index contributed by atoms with van der Waals surface area (Å²) in [6.07, 6.45) is 1.99. The average molecular weight is 379 g/mol. The molecule has 2 amide bonds. The lowest BCUT2D eigenvalue weighted by Crippen LogP contribution is -2.27. The van der Waals surface area contributed by atoms with Crippen molar-refractivity contribution in [3.63, 3.8) is 0 Å². The van der Waals surface area contributed by atoms with E-state index in [1.807, 2.05) is 0 Å². The maximum Gasteiger partial charge on any atom is 0.261 e. The standard InChI is InChI=1S/C21H18FN3O3/c22-15-7-6-13-11-17(20(27)24-18(13)12-15)19(26)23-16-5-3-4-14(10-16)21(28)25-8-1-2-9-25/h3-7,10-12H,1-2,8-9H2,(H,23,26)(H,24,27). The fraction of sp³-hybridized carbons (Fsp3) is 0.190. The fourth-order valence-electron chi connectivity index (χ4n) is 3.37. The van der Waals surface area contributed by atoms with Crippen LogP contribution >= 0.6 is 0 Å². The summed E-state index contributed by atoms with van der Waals surface area (Å²) in [4.78, 5) is 41.6. The molecule has 0 radical (unpaired) electrons. The molecule has 0 aliphatic carbocycles. The van der Waals surface area contributed by atoms with Crippen LogP contribution in [0.5, 0.6) is 0 Å². The monoisotopic (exact) mass is 379 g/mol. The summed E-state index contributed by atoms with van der Waals surface area (Å²) in [6, 6.07) is 12.0. The number of rotatable bonds is 3. The number of amides is 2. The first-order valence-electron chi connectivity index (χ1n) is 9.04. The van der Waals surface area contributed by atoms with Crippen molar-refractivity contribution in [2.75, 3.05) is 18.4 Å². The van der Waals surface area contributed by atoms with E-state index in [1.54, 1.807) is 29.2 Å². The number of carbonyl (C=O) groups is 2. The number of carbonyl (C=O) groups excluding carboxylic acids is 2. The first kappa shape index (κ1) is 17.9. The Morgan fingerprint density at radius 3 is 2.61 bits per heavy atom. The van der Waals surface area contributed by atoms with Crippen LogP contribution in [0.3, 0.4) is 0 Å². The fourth-order valence-corrected chi connectivity index (χ4v) is 3.37. The Balaban J connectivity index is 1.58. The minimum Gasteiger partial charge on any atom is -0.339 e. The SMILES string of the molecule is O=C(Nc1cccc(C(=O)N2CCCC2)c1)c1cc2ccc(F)cc2[nH]c1=O. The zero-order valence-corrected chi connectivity index (χ0v) is 15.0. The van der Waals surface area contributed by atoms with Gasteiger partial charge in [-0.2, -0.15) is 0 Å². The van der Waals surface area contributed by atoms with Crippen LogP contribution in [0.15, 0.2) is 53.3 Å². The van der Waals surface area contributed by atoms with Gasteiger partial charge < -0.3 is 15.2 Å². The zero-order chi connectivity index (χ0) is 19.7. The lowest BCUT2D eigenvalue weighted by molar-refractivity contribution is 0.0792. The molecule has 6 nitrogen and oxygen atoms in total. The van der Waals surface area contributed by atoms with Gasteiger partial charge in [0, 0.05) is 24.3 Å². The highest BCUT2D eigenvalue weighted by Crippen LogP contribution is 2.18. The minimum atomic E-state index is -0.611. The van der Waals surface area contributed by atoms with E-state index < -0.39 is 17.3 Å². The van der Waals surface area contributed by atoms with Crippen LogP contribution in [0.1, 0.15) is 33.6 Å². The summed E-state index contributed by atoms with van der Waals surface area (Å²) in [5, 5.41) is 3.20. The van der Waals surface area contributed by atoms with Crippen LogP contribution in [-0.4, -0.2) is 34.8 Å². The van der Waals surface area contributed by atoms with E-state index >= 15 is 0 Å². The lowest BCUT2D eigenvalue weighted by Gasteiger charge is -2.15. The van der Waals surface area contributed by atoms with E-state index in [0.29, 0.717) is 22.2 Å². The molecule has 1 aromatic heterocycles. The molecule has 28 heavy (non-hydrogen) atoms. The number of likely N-dealkylation sites (tertiary alicyclic amines) is 1. The molecule has 1 aliphatic heterocycles. The van der Waals surface area contributed by atoms with Gasteiger partial charge in [-0.25, -0.2) is 4.39 Å². The molecule has 1 saturated heterocycles. The van der Waals surface area contributed by atoms with E-state index in [2.05, 4.69) is 10.3 Å². The molecule has 1 aliphatic rings. The minimum absolute atomic E-state index is 0.0702. The zero-order valence-electron chi connectivity index (χ0n) is 15.0. The summed E-state index contributed by atoms with van der Waals surface area (Å²) < 4.78 is 13.3. The number of pyridine rings is 1. The average Bonchev–Trinajstić information content (AvgIpc) is 3.21. The molecule has 0 unspecified atom stereocenters. The number of fused-ring (bicyclic) bond motifs is 1. The second-order valence-corrected chi connectivity index (χ2v) is 6.78. The Morgan fingerprint density at radius 2 is 1.82 bits per heavy atom. The Labute approximate surface area is 160 Å². The number of halogens is 1. The number of hydrogen-bond acceptors (Lipinski definition) is 3. The van der Waals surface area contributed by atoms with Crippen LogP contribution < -0.4 is 10.9 Å². The summed E-state index contributed by atoms with van der Waals surface area (Å²) in [5.41, 5.74) is 0.534. The van der Waals surface area contributed by atoms with Gasteiger partial charge in [0.25, 0.3) is 17.4 Å². The molecule has 2 N–H and O–H groups in total. The number of hydrogen-bond donors (Lipinski definition) is 2. The van der Waals surface area contributed by atoms with Crippen LogP contribution in [-0.2, 0) is 0 Å². The second kappa shape index (κ2) is 7.26. The molecule has 1 fully saturated rings. The topological polar surface area (TPSA) is 82.3 Å². The van der Waals surface area contributed by atoms with Gasteiger partial charge in [-0.1, -0.05) is 6.07 Å². The summed E-state index contributed by atoms with van der Waals surface area (Å²) in [5.74, 6) is -1.14. The highest BCUT2D eigenvalue weighted by atomic mass is 19.1. The third kappa shape index (κ3) is 3.51. The molecule has 0 spiro atoms. The Hall–Kier alpha value is -3.48. The summed E-state index contributed by atoms with van der Waals surface area (Å²) in [6.45, 7) is 1.48. The normalized spacial score (nSPS) is 13.7. The number of aromatic amines is 1. The quantitative estimate of drug-likeness (QED) is 0.733. The van der Waals surface area contributed by atoms with Crippen LogP contribution in [0.2, 0.25) is 0 Å². The van der Waals surface area contributed by atoms with E-state index in [4.69, 9.17) is 0 Å². The van der Waals surface area contributed by atoms with Crippen LogP contribution in [0.4, 0.5) is 10.1 Å². The molecular weight excluding hydrogens is 361 g/mol. The number of anilines is 1. The van der Waals surface area contributed by atoms with Gasteiger partial charge in [0.15, 0.2) is 0 Å². The van der Waals surface area contributed by atoms with Crippen molar-refractivity contribution < 1.29 is 14.0 Å². The molecule has 0 atom stereocenters. The number of benzene rings is 2. The molecular formula is C21H18FN3O3. The third-order valence-corrected chi connectivity index (χ3v) is 4.81. The Morgan fingerprint density at radius 1 is 1.04 bits per heavy atom. The van der Waals surface area contributed by atoms with Crippen LogP contribution in [0, 0.1) is 5.82 Å². The van der Waals surface area contributed by atoms with Gasteiger partial charge in [0.05, 0.1) is 5.52 Å². The molecule has 3 aromatic rings. The van der Waals surface area contributed by atoms with E-state index in [-0.39, 0.29) is 11.5 Å². The smallest absolute Gasteiger partial charge is 0.261 e. The summed E-state index contributed by atoms with van der Waals surface area (Å²) >= 11 is 0. The predicted molar refractivity (Wildman–Crippen MR) is 104 cm³/mol. The van der Waals surface area contributed by atoms with Gasteiger partial charge in [-0.05, 0) is 60.7 Å². The lowest BCUT2D eigenvalue weighted by atomic mass is 10.1. The number of aromatic nitrogens is 1. The van der Waals surface area contributed by atoms with Crippen molar-refractivity contribution in [2.24, 2.45) is 0 Å². The number of nitrogens with zero attached hydrogens (tertiary/aromatic N) is 1. The molecule has 7 heteroatoms. The molecule has 2 aromatic carbocycles. The Bertz CT molecular complexity index is 1130.